The summed E-state index contributed by atoms with van der Waals surface area (Å²) in [5, 5.41) is 0. The zero-order chi connectivity index (χ0) is 16.5. The van der Waals surface area contributed by atoms with Crippen molar-refractivity contribution in [1.29, 1.82) is 0 Å². The first-order valence-corrected chi connectivity index (χ1v) is 11.0. The molecule has 2 aromatic rings. The minimum Gasteiger partial charge on any atom is -0.0845 e. The van der Waals surface area contributed by atoms with Gasteiger partial charge in [0.05, 0.1) is 8.47 Å². The molecule has 0 amide bonds. The molecule has 0 nitrogen and oxygen atoms in total. The van der Waals surface area contributed by atoms with Gasteiger partial charge in [-0.2, -0.15) is 0 Å². The SMILES string of the molecule is CC1=C(c2ccccc2)SC(=C2SC(C)=C(c3ccccc3)S2)S1. The summed E-state index contributed by atoms with van der Waals surface area (Å²) >= 11 is 7.68. The van der Waals surface area contributed by atoms with Crippen LogP contribution in [0.2, 0.25) is 0 Å². The summed E-state index contributed by atoms with van der Waals surface area (Å²) in [5.74, 6) is 0. The topological polar surface area (TPSA) is 0 Å². The zero-order valence-corrected chi connectivity index (χ0v) is 16.7. The molecular formula is C20H16S4. The van der Waals surface area contributed by atoms with Gasteiger partial charge in [0.2, 0.25) is 0 Å². The second kappa shape index (κ2) is 7.12. The standard InChI is InChI=1S/C20H16S4/c1-13-17(15-9-5-3-6-10-15)23-19(21-13)20-22-14(2)18(24-20)16-11-7-4-8-12-16/h3-12H,1-2H3. The first-order chi connectivity index (χ1) is 11.7. The van der Waals surface area contributed by atoms with Gasteiger partial charge in [0.1, 0.15) is 0 Å². The zero-order valence-electron chi connectivity index (χ0n) is 13.4. The van der Waals surface area contributed by atoms with Gasteiger partial charge in [0.25, 0.3) is 0 Å². The Balaban J connectivity index is 1.59. The summed E-state index contributed by atoms with van der Waals surface area (Å²) in [6.07, 6.45) is 0. The van der Waals surface area contributed by atoms with Gasteiger partial charge in [-0.1, -0.05) is 108 Å². The monoisotopic (exact) mass is 384 g/mol. The molecule has 2 aliphatic heterocycles. The lowest BCUT2D eigenvalue weighted by Crippen LogP contribution is -1.77. The van der Waals surface area contributed by atoms with E-state index in [2.05, 4.69) is 74.5 Å². The third kappa shape index (κ3) is 3.25. The molecule has 2 aliphatic rings. The second-order valence-electron chi connectivity index (χ2n) is 5.49. The van der Waals surface area contributed by atoms with Crippen LogP contribution in [0.3, 0.4) is 0 Å². The van der Waals surface area contributed by atoms with E-state index in [9.17, 15) is 0 Å². The van der Waals surface area contributed by atoms with Gasteiger partial charge in [-0.15, -0.1) is 0 Å². The third-order valence-corrected chi connectivity index (χ3v) is 9.61. The Morgan fingerprint density at radius 1 is 0.500 bits per heavy atom. The molecule has 0 spiro atoms. The van der Waals surface area contributed by atoms with Crippen LogP contribution < -0.4 is 0 Å². The van der Waals surface area contributed by atoms with E-state index in [1.807, 2.05) is 47.0 Å². The number of rotatable bonds is 2. The van der Waals surface area contributed by atoms with Crippen molar-refractivity contribution in [2.45, 2.75) is 13.8 Å². The predicted molar refractivity (Wildman–Crippen MR) is 115 cm³/mol. The fraction of sp³-hybridized carbons (Fsp3) is 0.100. The highest BCUT2D eigenvalue weighted by Crippen LogP contribution is 2.62. The molecule has 0 atom stereocenters. The maximum Gasteiger partial charge on any atom is 0.0703 e. The quantitative estimate of drug-likeness (QED) is 0.516. The number of hydrogen-bond donors (Lipinski definition) is 0. The van der Waals surface area contributed by atoms with Crippen LogP contribution in [-0.2, 0) is 0 Å². The normalized spacial score (nSPS) is 21.1. The van der Waals surface area contributed by atoms with Gasteiger partial charge in [-0.05, 0) is 25.0 Å². The molecular weight excluding hydrogens is 368 g/mol. The van der Waals surface area contributed by atoms with Gasteiger partial charge in [-0.25, -0.2) is 0 Å². The van der Waals surface area contributed by atoms with Gasteiger partial charge in [-0.3, -0.25) is 0 Å². The van der Waals surface area contributed by atoms with Crippen LogP contribution in [0.25, 0.3) is 9.81 Å². The Labute approximate surface area is 160 Å². The van der Waals surface area contributed by atoms with Crippen LogP contribution in [0, 0.1) is 0 Å². The van der Waals surface area contributed by atoms with Crippen molar-refractivity contribution in [3.05, 3.63) is 90.1 Å². The van der Waals surface area contributed by atoms with E-state index >= 15 is 0 Å². The van der Waals surface area contributed by atoms with Gasteiger partial charge in [0.15, 0.2) is 0 Å². The van der Waals surface area contributed by atoms with Crippen molar-refractivity contribution >= 4 is 56.9 Å². The van der Waals surface area contributed by atoms with Gasteiger partial charge < -0.3 is 0 Å². The van der Waals surface area contributed by atoms with E-state index in [0.717, 1.165) is 0 Å². The molecule has 0 unspecified atom stereocenters. The van der Waals surface area contributed by atoms with E-state index in [-0.39, 0.29) is 0 Å². The molecule has 2 heterocycles. The Morgan fingerprint density at radius 2 is 0.875 bits per heavy atom. The number of allylic oxidation sites excluding steroid dienone is 2. The summed E-state index contributed by atoms with van der Waals surface area (Å²) in [5.41, 5.74) is 2.65. The Kier molecular flexibility index (Phi) is 4.90. The average Bonchev–Trinajstić information content (AvgIpc) is 3.19. The van der Waals surface area contributed by atoms with E-state index < -0.39 is 0 Å². The summed E-state index contributed by atoms with van der Waals surface area (Å²) in [6.45, 7) is 4.46. The van der Waals surface area contributed by atoms with Gasteiger partial charge >= 0.3 is 0 Å². The van der Waals surface area contributed by atoms with E-state index in [4.69, 9.17) is 0 Å². The molecule has 4 heteroatoms. The summed E-state index contributed by atoms with van der Waals surface area (Å²) < 4.78 is 2.85. The van der Waals surface area contributed by atoms with Crippen molar-refractivity contribution in [3.8, 4) is 0 Å². The molecule has 0 aromatic heterocycles. The Bertz CT molecular complexity index is 788. The molecule has 0 fully saturated rings. The Hall–Kier alpha value is -0.940. The van der Waals surface area contributed by atoms with E-state index in [1.165, 1.54) is 39.2 Å². The van der Waals surface area contributed by atoms with E-state index in [1.54, 1.807) is 0 Å². The maximum absolute atomic E-state index is 2.23. The third-order valence-electron chi connectivity index (χ3n) is 3.76. The van der Waals surface area contributed by atoms with Crippen LogP contribution >= 0.6 is 47.0 Å². The number of benzene rings is 2. The molecule has 2 aromatic carbocycles. The maximum atomic E-state index is 2.23. The highest BCUT2D eigenvalue weighted by molar-refractivity contribution is 8.37. The van der Waals surface area contributed by atoms with Crippen LogP contribution in [0.5, 0.6) is 0 Å². The van der Waals surface area contributed by atoms with Crippen molar-refractivity contribution in [2.75, 3.05) is 0 Å². The lowest BCUT2D eigenvalue weighted by molar-refractivity contribution is 1.62. The van der Waals surface area contributed by atoms with Crippen molar-refractivity contribution in [3.63, 3.8) is 0 Å². The molecule has 0 saturated heterocycles. The first kappa shape index (κ1) is 16.5. The second-order valence-corrected chi connectivity index (χ2v) is 10.5. The molecule has 0 N–H and O–H groups in total. The number of thioether (sulfide) groups is 4. The molecule has 0 aliphatic carbocycles. The highest BCUT2D eigenvalue weighted by atomic mass is 32.2. The minimum atomic E-state index is 1.32. The summed E-state index contributed by atoms with van der Waals surface area (Å²) in [7, 11) is 0. The predicted octanol–water partition coefficient (Wildman–Crippen LogP) is 7.85. The van der Waals surface area contributed by atoms with Crippen LogP contribution in [0.15, 0.2) is 78.9 Å². The van der Waals surface area contributed by atoms with Crippen molar-refractivity contribution in [2.24, 2.45) is 0 Å². The molecule has 0 bridgehead atoms. The van der Waals surface area contributed by atoms with Crippen LogP contribution in [0.4, 0.5) is 0 Å². The minimum absolute atomic E-state index is 1.32. The molecule has 4 rings (SSSR count). The average molecular weight is 385 g/mol. The molecule has 0 radical (unpaired) electrons. The summed E-state index contributed by atoms with van der Waals surface area (Å²) in [6, 6.07) is 21.4. The van der Waals surface area contributed by atoms with Crippen LogP contribution in [-0.4, -0.2) is 0 Å². The van der Waals surface area contributed by atoms with E-state index in [0.29, 0.717) is 0 Å². The largest absolute Gasteiger partial charge is 0.0845 e. The lowest BCUT2D eigenvalue weighted by atomic mass is 10.2. The smallest absolute Gasteiger partial charge is 0.0703 e. The van der Waals surface area contributed by atoms with Crippen LogP contribution in [0.1, 0.15) is 25.0 Å². The Morgan fingerprint density at radius 3 is 1.25 bits per heavy atom. The molecule has 24 heavy (non-hydrogen) atoms. The fourth-order valence-corrected chi connectivity index (χ4v) is 8.17. The highest BCUT2D eigenvalue weighted by Gasteiger charge is 2.28. The van der Waals surface area contributed by atoms with Gasteiger partial charge in [0, 0.05) is 19.6 Å². The van der Waals surface area contributed by atoms with Crippen molar-refractivity contribution in [1.82, 2.24) is 0 Å². The number of hydrogen-bond acceptors (Lipinski definition) is 4. The first-order valence-electron chi connectivity index (χ1n) is 7.70. The molecule has 0 saturated carbocycles. The summed E-state index contributed by atoms with van der Waals surface area (Å²) in [4.78, 5) is 5.60. The fourth-order valence-electron chi connectivity index (χ4n) is 2.61. The molecule has 120 valence electrons. The van der Waals surface area contributed by atoms with Crippen molar-refractivity contribution < 1.29 is 0 Å². The lowest BCUT2D eigenvalue weighted by Gasteiger charge is -2.04.